The van der Waals surface area contributed by atoms with E-state index in [9.17, 15) is 0 Å². The third-order valence-corrected chi connectivity index (χ3v) is 1.97. The predicted molar refractivity (Wildman–Crippen MR) is 65.2 cm³/mol. The Morgan fingerprint density at radius 1 is 0.882 bits per heavy atom. The minimum Gasteiger partial charge on any atom is -0.333 e. The summed E-state index contributed by atoms with van der Waals surface area (Å²) in [5, 5.41) is 7.17. The Morgan fingerprint density at radius 2 is 1.18 bits per heavy atom. The molecule has 0 saturated carbocycles. The largest absolute Gasteiger partial charge is 0.435 e. The second-order valence-electron chi connectivity index (χ2n) is 3.14. The van der Waals surface area contributed by atoms with E-state index in [2.05, 4.69) is 59.2 Å². The van der Waals surface area contributed by atoms with E-state index in [0.717, 1.165) is 0 Å². The molecule has 2 aromatic carbocycles. The summed E-state index contributed by atoms with van der Waals surface area (Å²) in [4.78, 5) is 12.0. The molecule has 0 spiro atoms. The van der Waals surface area contributed by atoms with E-state index in [1.54, 1.807) is 0 Å². The number of primary amides is 1. The van der Waals surface area contributed by atoms with Gasteiger partial charge in [-0.25, -0.2) is 4.79 Å². The third-order valence-electron chi connectivity index (χ3n) is 1.97. The lowest BCUT2D eigenvalue weighted by Gasteiger charge is -1.98. The van der Waals surface area contributed by atoms with Crippen LogP contribution >= 0.6 is 0 Å². The van der Waals surface area contributed by atoms with E-state index in [-0.39, 0.29) is 0 Å². The molecule has 0 radical (unpaired) electrons. The number of hydrogen-bond acceptors (Lipinski definition) is 3. The normalized spacial score (nSPS) is 8.76. The Balaban J connectivity index is 0.000000249. The fourth-order valence-corrected chi connectivity index (χ4v) is 1.26. The Morgan fingerprint density at radius 3 is 1.41 bits per heavy atom. The van der Waals surface area contributed by atoms with Crippen molar-refractivity contribution in [1.29, 1.82) is 0 Å². The molecule has 0 atom stereocenters. The Hall–Kier alpha value is -2.33. The lowest BCUT2D eigenvalue weighted by Crippen LogP contribution is -2.09. The Labute approximate surface area is 99.2 Å². The fourth-order valence-electron chi connectivity index (χ4n) is 1.26. The van der Waals surface area contributed by atoms with E-state index in [4.69, 9.17) is 10.1 Å². The van der Waals surface area contributed by atoms with Crippen molar-refractivity contribution in [2.24, 2.45) is 5.73 Å². The van der Waals surface area contributed by atoms with Crippen molar-refractivity contribution in [2.75, 3.05) is 0 Å². The zero-order valence-corrected chi connectivity index (χ0v) is 9.11. The maximum absolute atomic E-state index is 9.12. The second-order valence-corrected chi connectivity index (χ2v) is 3.14. The highest BCUT2D eigenvalue weighted by Gasteiger charge is 1.91. The van der Waals surface area contributed by atoms with Gasteiger partial charge in [-0.05, 0) is 11.1 Å². The van der Waals surface area contributed by atoms with Crippen LogP contribution in [0.15, 0.2) is 60.7 Å². The first kappa shape index (κ1) is 12.7. The van der Waals surface area contributed by atoms with Crippen molar-refractivity contribution in [3.63, 3.8) is 0 Å². The number of rotatable bonds is 1. The van der Waals surface area contributed by atoms with Gasteiger partial charge in [0.15, 0.2) is 0 Å². The summed E-state index contributed by atoms with van der Waals surface area (Å²) in [5.41, 5.74) is 6.73. The summed E-state index contributed by atoms with van der Waals surface area (Å²) >= 11 is 0. The average molecular weight is 231 g/mol. The summed E-state index contributed by atoms with van der Waals surface area (Å²) in [7, 11) is 0. The van der Waals surface area contributed by atoms with Crippen molar-refractivity contribution < 1.29 is 14.9 Å². The van der Waals surface area contributed by atoms with Crippen molar-refractivity contribution in [1.82, 2.24) is 0 Å². The molecule has 17 heavy (non-hydrogen) atoms. The molecule has 0 aliphatic rings. The van der Waals surface area contributed by atoms with Crippen LogP contribution in [0, 0.1) is 0 Å². The van der Waals surface area contributed by atoms with Crippen LogP contribution in [-0.4, -0.2) is 11.4 Å². The van der Waals surface area contributed by atoms with E-state index in [1.165, 1.54) is 11.1 Å². The van der Waals surface area contributed by atoms with Crippen LogP contribution in [0.1, 0.15) is 0 Å². The molecule has 0 aromatic heterocycles. The van der Waals surface area contributed by atoms with Crippen molar-refractivity contribution in [3.8, 4) is 11.1 Å². The number of carbonyl (C=O) groups excluding carboxylic acids is 1. The summed E-state index contributed by atoms with van der Waals surface area (Å²) in [5.74, 6) is 0. The predicted octanol–water partition coefficient (Wildman–Crippen LogP) is 2.91. The highest BCUT2D eigenvalue weighted by atomic mass is 17.1. The number of benzene rings is 2. The minimum absolute atomic E-state index is 1.19. The third kappa shape index (κ3) is 4.81. The first-order valence-corrected chi connectivity index (χ1v) is 4.95. The smallest absolute Gasteiger partial charge is 0.333 e. The van der Waals surface area contributed by atoms with E-state index < -0.39 is 6.09 Å². The number of hydrogen-bond donors (Lipinski definition) is 2. The van der Waals surface area contributed by atoms with Gasteiger partial charge in [-0.1, -0.05) is 60.7 Å². The standard InChI is InChI=1S/C12H10.CH3NO3/c1-3-7-11(8-4-1)12-9-5-2-6-10-12;2-1(3)5-4/h1-10H;4H,(H2,2,3). The molecule has 0 aliphatic heterocycles. The monoisotopic (exact) mass is 231 g/mol. The van der Waals surface area contributed by atoms with Crippen LogP contribution in [0.4, 0.5) is 4.79 Å². The van der Waals surface area contributed by atoms with Crippen LogP contribution in [-0.2, 0) is 4.89 Å². The van der Waals surface area contributed by atoms with Gasteiger partial charge in [-0.15, -0.1) is 0 Å². The molecule has 88 valence electrons. The first-order chi connectivity index (χ1) is 8.24. The Bertz CT molecular complexity index is 405. The maximum Gasteiger partial charge on any atom is 0.435 e. The number of carbonyl (C=O) groups is 1. The molecule has 0 heterocycles. The molecule has 4 nitrogen and oxygen atoms in total. The average Bonchev–Trinajstić information content (AvgIpc) is 2.41. The SMILES string of the molecule is NC(=O)OO.c1ccc(-c2ccccc2)cc1. The van der Waals surface area contributed by atoms with Crippen LogP contribution in [0.2, 0.25) is 0 Å². The molecular weight excluding hydrogens is 218 g/mol. The highest BCUT2D eigenvalue weighted by Crippen LogP contribution is 2.17. The van der Waals surface area contributed by atoms with Crippen LogP contribution in [0.5, 0.6) is 0 Å². The van der Waals surface area contributed by atoms with Crippen LogP contribution in [0.25, 0.3) is 11.1 Å². The Kier molecular flexibility index (Phi) is 5.27. The van der Waals surface area contributed by atoms with Gasteiger partial charge < -0.3 is 5.73 Å². The van der Waals surface area contributed by atoms with Crippen molar-refractivity contribution in [3.05, 3.63) is 60.7 Å². The van der Waals surface area contributed by atoms with Gasteiger partial charge in [0.05, 0.1) is 0 Å². The molecule has 1 amide bonds. The van der Waals surface area contributed by atoms with Gasteiger partial charge in [0.25, 0.3) is 0 Å². The van der Waals surface area contributed by atoms with Gasteiger partial charge in [0, 0.05) is 0 Å². The van der Waals surface area contributed by atoms with Crippen LogP contribution in [0.3, 0.4) is 0 Å². The van der Waals surface area contributed by atoms with Gasteiger partial charge in [0.1, 0.15) is 0 Å². The second kappa shape index (κ2) is 7.03. The molecule has 0 bridgehead atoms. The van der Waals surface area contributed by atoms with Crippen molar-refractivity contribution in [2.45, 2.75) is 0 Å². The molecular formula is C13H13NO3. The molecule has 4 heteroatoms. The van der Waals surface area contributed by atoms with E-state index >= 15 is 0 Å². The summed E-state index contributed by atoms with van der Waals surface area (Å²) in [6.45, 7) is 0. The minimum atomic E-state index is -1.19. The molecule has 0 saturated heterocycles. The molecule has 3 N–H and O–H groups in total. The lowest BCUT2D eigenvalue weighted by molar-refractivity contribution is -0.174. The van der Waals surface area contributed by atoms with Gasteiger partial charge >= 0.3 is 6.09 Å². The maximum atomic E-state index is 9.12. The van der Waals surface area contributed by atoms with Crippen LogP contribution < -0.4 is 5.73 Å². The zero-order valence-electron chi connectivity index (χ0n) is 9.11. The van der Waals surface area contributed by atoms with Gasteiger partial charge in [-0.2, -0.15) is 5.26 Å². The highest BCUT2D eigenvalue weighted by molar-refractivity contribution is 5.63. The topological polar surface area (TPSA) is 72.6 Å². The van der Waals surface area contributed by atoms with Crippen molar-refractivity contribution >= 4 is 6.09 Å². The first-order valence-electron chi connectivity index (χ1n) is 4.95. The quantitative estimate of drug-likeness (QED) is 0.585. The molecule has 0 unspecified atom stereocenters. The van der Waals surface area contributed by atoms with E-state index in [0.29, 0.717) is 0 Å². The lowest BCUT2D eigenvalue weighted by atomic mass is 10.1. The molecule has 2 rings (SSSR count). The van der Waals surface area contributed by atoms with Gasteiger partial charge in [-0.3, -0.25) is 4.89 Å². The van der Waals surface area contributed by atoms with Gasteiger partial charge in [0.2, 0.25) is 0 Å². The summed E-state index contributed by atoms with van der Waals surface area (Å²) in [6.07, 6.45) is -1.19. The van der Waals surface area contributed by atoms with E-state index in [1.807, 2.05) is 12.1 Å². The summed E-state index contributed by atoms with van der Waals surface area (Å²) in [6, 6.07) is 20.8. The number of nitrogens with two attached hydrogens (primary N) is 1. The fraction of sp³-hybridized carbons (Fsp3) is 0. The molecule has 2 aromatic rings. The molecule has 0 aliphatic carbocycles. The number of amides is 1. The summed E-state index contributed by atoms with van der Waals surface area (Å²) < 4.78 is 0. The zero-order chi connectivity index (χ0) is 12.5. The molecule has 0 fully saturated rings.